The average Bonchev–Trinajstić information content (AvgIpc) is 2.72. The number of nitrogens with one attached hydrogen (secondary N) is 2. The van der Waals surface area contributed by atoms with Crippen molar-refractivity contribution in [2.75, 3.05) is 13.7 Å². The van der Waals surface area contributed by atoms with Gasteiger partial charge in [-0.3, -0.25) is 4.79 Å². The van der Waals surface area contributed by atoms with Crippen molar-refractivity contribution in [3.8, 4) is 5.75 Å². The highest BCUT2D eigenvalue weighted by Crippen LogP contribution is 2.25. The van der Waals surface area contributed by atoms with Gasteiger partial charge in [0.2, 0.25) is 0 Å². The molecule has 4 nitrogen and oxygen atoms in total. The Kier molecular flexibility index (Phi) is 3.55. The van der Waals surface area contributed by atoms with E-state index in [1.54, 1.807) is 7.11 Å². The highest BCUT2D eigenvalue weighted by molar-refractivity contribution is 6.01. The number of ether oxygens (including phenoxy) is 1. The minimum Gasteiger partial charge on any atom is -0.497 e. The standard InChI is InChI=1S/C14H18N2O2/c1-4-7-15-14(17)13-9(2)11-6-5-10(18-3)8-12(11)16-13/h5-6,8,16H,4,7H2,1-3H3,(H,15,17). The molecule has 0 saturated heterocycles. The minimum atomic E-state index is -0.0514. The average molecular weight is 246 g/mol. The summed E-state index contributed by atoms with van der Waals surface area (Å²) in [4.78, 5) is 15.1. The number of hydrogen-bond acceptors (Lipinski definition) is 2. The SMILES string of the molecule is CCCNC(=O)c1[nH]c2cc(OC)ccc2c1C. The van der Waals surface area contributed by atoms with E-state index >= 15 is 0 Å². The number of rotatable bonds is 4. The molecule has 0 aliphatic rings. The van der Waals surface area contributed by atoms with Crippen LogP contribution in [0.3, 0.4) is 0 Å². The maximum absolute atomic E-state index is 12.0. The van der Waals surface area contributed by atoms with E-state index < -0.39 is 0 Å². The molecule has 1 aromatic carbocycles. The van der Waals surface area contributed by atoms with Crippen LogP contribution in [0.15, 0.2) is 18.2 Å². The summed E-state index contributed by atoms with van der Waals surface area (Å²) in [7, 11) is 1.63. The maximum atomic E-state index is 12.0. The summed E-state index contributed by atoms with van der Waals surface area (Å²) in [5, 5.41) is 3.93. The van der Waals surface area contributed by atoms with E-state index in [1.807, 2.05) is 32.0 Å². The summed E-state index contributed by atoms with van der Waals surface area (Å²) in [5.41, 5.74) is 2.53. The molecule has 0 bridgehead atoms. The first-order chi connectivity index (χ1) is 8.67. The number of methoxy groups -OCH3 is 1. The number of carbonyl (C=O) groups is 1. The number of fused-ring (bicyclic) bond motifs is 1. The van der Waals surface area contributed by atoms with Crippen LogP contribution in [0.25, 0.3) is 10.9 Å². The van der Waals surface area contributed by atoms with Crippen LogP contribution in [0.1, 0.15) is 29.4 Å². The van der Waals surface area contributed by atoms with Crippen LogP contribution in [0, 0.1) is 6.92 Å². The predicted molar refractivity (Wildman–Crippen MR) is 72.2 cm³/mol. The summed E-state index contributed by atoms with van der Waals surface area (Å²) in [6.45, 7) is 4.67. The first-order valence-electron chi connectivity index (χ1n) is 6.12. The number of aromatic amines is 1. The lowest BCUT2D eigenvalue weighted by Crippen LogP contribution is -2.24. The molecule has 0 fully saturated rings. The fourth-order valence-corrected chi connectivity index (χ4v) is 2.00. The topological polar surface area (TPSA) is 54.1 Å². The summed E-state index contributed by atoms with van der Waals surface area (Å²) >= 11 is 0. The highest BCUT2D eigenvalue weighted by Gasteiger charge is 2.14. The van der Waals surface area contributed by atoms with Gasteiger partial charge in [-0.15, -0.1) is 0 Å². The molecule has 1 heterocycles. The first-order valence-corrected chi connectivity index (χ1v) is 6.12. The van der Waals surface area contributed by atoms with Crippen LogP contribution in [-0.2, 0) is 0 Å². The van der Waals surface area contributed by atoms with Crippen LogP contribution < -0.4 is 10.1 Å². The molecule has 1 amide bonds. The fourth-order valence-electron chi connectivity index (χ4n) is 2.00. The molecule has 2 rings (SSSR count). The second-order valence-electron chi connectivity index (χ2n) is 4.29. The Morgan fingerprint density at radius 1 is 1.44 bits per heavy atom. The largest absolute Gasteiger partial charge is 0.497 e. The maximum Gasteiger partial charge on any atom is 0.268 e. The number of benzene rings is 1. The third kappa shape index (κ3) is 2.18. The molecule has 96 valence electrons. The van der Waals surface area contributed by atoms with E-state index in [2.05, 4.69) is 10.3 Å². The Morgan fingerprint density at radius 2 is 2.22 bits per heavy atom. The van der Waals surface area contributed by atoms with Crippen LogP contribution in [0.2, 0.25) is 0 Å². The molecule has 0 radical (unpaired) electrons. The molecule has 0 atom stereocenters. The minimum absolute atomic E-state index is 0.0514. The van der Waals surface area contributed by atoms with Gasteiger partial charge in [-0.2, -0.15) is 0 Å². The second-order valence-corrected chi connectivity index (χ2v) is 4.29. The van der Waals surface area contributed by atoms with Gasteiger partial charge < -0.3 is 15.0 Å². The molecule has 2 aromatic rings. The van der Waals surface area contributed by atoms with Gasteiger partial charge in [0.1, 0.15) is 11.4 Å². The Hall–Kier alpha value is -1.97. The molecule has 0 spiro atoms. The first kappa shape index (κ1) is 12.5. The van der Waals surface area contributed by atoms with Crippen molar-refractivity contribution in [1.29, 1.82) is 0 Å². The third-order valence-electron chi connectivity index (χ3n) is 3.03. The molecule has 0 aliphatic carbocycles. The Balaban J connectivity index is 2.40. The molecule has 18 heavy (non-hydrogen) atoms. The molecular formula is C14H18N2O2. The smallest absolute Gasteiger partial charge is 0.268 e. The highest BCUT2D eigenvalue weighted by atomic mass is 16.5. The van der Waals surface area contributed by atoms with Crippen molar-refractivity contribution < 1.29 is 9.53 Å². The van der Waals surface area contributed by atoms with Gasteiger partial charge in [0.25, 0.3) is 5.91 Å². The molecule has 1 aromatic heterocycles. The third-order valence-corrected chi connectivity index (χ3v) is 3.03. The van der Waals surface area contributed by atoms with Crippen molar-refractivity contribution in [2.24, 2.45) is 0 Å². The molecular weight excluding hydrogens is 228 g/mol. The van der Waals surface area contributed by atoms with E-state index in [-0.39, 0.29) is 5.91 Å². The summed E-state index contributed by atoms with van der Waals surface area (Å²) < 4.78 is 5.18. The molecule has 0 unspecified atom stereocenters. The number of aromatic nitrogens is 1. The van der Waals surface area contributed by atoms with E-state index in [4.69, 9.17) is 4.74 Å². The van der Waals surface area contributed by atoms with Crippen LogP contribution in [0.5, 0.6) is 5.75 Å². The number of aryl methyl sites for hydroxylation is 1. The quantitative estimate of drug-likeness (QED) is 0.871. The normalized spacial score (nSPS) is 10.6. The van der Waals surface area contributed by atoms with Gasteiger partial charge in [0.05, 0.1) is 7.11 Å². The Labute approximate surface area is 106 Å². The van der Waals surface area contributed by atoms with E-state index in [9.17, 15) is 4.79 Å². The number of carbonyl (C=O) groups excluding carboxylic acids is 1. The van der Waals surface area contributed by atoms with Gasteiger partial charge in [-0.1, -0.05) is 6.92 Å². The zero-order valence-electron chi connectivity index (χ0n) is 11.0. The zero-order valence-corrected chi connectivity index (χ0v) is 11.0. The lowest BCUT2D eigenvalue weighted by molar-refractivity contribution is 0.0949. The summed E-state index contributed by atoms with van der Waals surface area (Å²) in [6, 6.07) is 5.77. The van der Waals surface area contributed by atoms with Crippen LogP contribution in [0.4, 0.5) is 0 Å². The van der Waals surface area contributed by atoms with Crippen molar-refractivity contribution in [3.63, 3.8) is 0 Å². The second kappa shape index (κ2) is 5.12. The predicted octanol–water partition coefficient (Wildman–Crippen LogP) is 2.62. The van der Waals surface area contributed by atoms with Crippen LogP contribution in [-0.4, -0.2) is 24.5 Å². The van der Waals surface area contributed by atoms with Crippen molar-refractivity contribution in [2.45, 2.75) is 20.3 Å². The molecule has 2 N–H and O–H groups in total. The van der Waals surface area contributed by atoms with Gasteiger partial charge in [0.15, 0.2) is 0 Å². The monoisotopic (exact) mass is 246 g/mol. The number of H-pyrrole nitrogens is 1. The van der Waals surface area contributed by atoms with Gasteiger partial charge >= 0.3 is 0 Å². The number of amides is 1. The molecule has 0 aliphatic heterocycles. The van der Waals surface area contributed by atoms with Gasteiger partial charge in [-0.05, 0) is 31.0 Å². The molecule has 0 saturated carbocycles. The molecule has 4 heteroatoms. The Morgan fingerprint density at radius 3 is 2.89 bits per heavy atom. The van der Waals surface area contributed by atoms with Crippen molar-refractivity contribution in [1.82, 2.24) is 10.3 Å². The van der Waals surface area contributed by atoms with E-state index in [1.165, 1.54) is 0 Å². The van der Waals surface area contributed by atoms with Gasteiger partial charge in [0, 0.05) is 23.5 Å². The van der Waals surface area contributed by atoms with E-state index in [0.29, 0.717) is 12.2 Å². The van der Waals surface area contributed by atoms with Crippen LogP contribution >= 0.6 is 0 Å². The fraction of sp³-hybridized carbons (Fsp3) is 0.357. The zero-order chi connectivity index (χ0) is 13.1. The van der Waals surface area contributed by atoms with E-state index in [0.717, 1.165) is 28.6 Å². The lowest BCUT2D eigenvalue weighted by atomic mass is 10.1. The number of hydrogen-bond donors (Lipinski definition) is 2. The lowest BCUT2D eigenvalue weighted by Gasteiger charge is -2.01. The Bertz CT molecular complexity index is 572. The summed E-state index contributed by atoms with van der Waals surface area (Å²) in [6.07, 6.45) is 0.929. The van der Waals surface area contributed by atoms with Crippen molar-refractivity contribution >= 4 is 16.8 Å². The van der Waals surface area contributed by atoms with Gasteiger partial charge in [-0.25, -0.2) is 0 Å². The summed E-state index contributed by atoms with van der Waals surface area (Å²) in [5.74, 6) is 0.730. The van der Waals surface area contributed by atoms with Crippen molar-refractivity contribution in [3.05, 3.63) is 29.5 Å².